The van der Waals surface area contributed by atoms with Crippen molar-refractivity contribution in [1.82, 2.24) is 0 Å². The number of nitrogens with two attached hydrogens (primary N) is 1. The smallest absolute Gasteiger partial charge is 0.128 e. The molecular weight excluding hydrogens is 201 g/mol. The highest BCUT2D eigenvalue weighted by Gasteiger charge is 2.37. The predicted molar refractivity (Wildman–Crippen MR) is 64.4 cm³/mol. The van der Waals surface area contributed by atoms with E-state index >= 15 is 0 Å². The van der Waals surface area contributed by atoms with E-state index in [1.807, 2.05) is 12.1 Å². The highest BCUT2D eigenvalue weighted by Crippen LogP contribution is 2.41. The van der Waals surface area contributed by atoms with E-state index in [2.05, 4.69) is 13.8 Å². The average Bonchev–Trinajstić information content (AvgIpc) is 2.25. The quantitative estimate of drug-likeness (QED) is 0.772. The summed E-state index contributed by atoms with van der Waals surface area (Å²) < 4.78 is 13.8. The first-order valence-electron chi connectivity index (χ1n) is 6.07. The van der Waals surface area contributed by atoms with E-state index in [0.717, 1.165) is 19.3 Å². The molecule has 2 N–H and O–H groups in total. The highest BCUT2D eigenvalue weighted by atomic mass is 19.1. The van der Waals surface area contributed by atoms with Gasteiger partial charge in [0.05, 0.1) is 0 Å². The molecule has 0 aliphatic heterocycles. The number of hydrogen-bond donors (Lipinski definition) is 1. The van der Waals surface area contributed by atoms with Crippen molar-refractivity contribution in [2.75, 3.05) is 0 Å². The Bertz CT molecular complexity index is 377. The Hall–Kier alpha value is -0.890. The zero-order valence-electron chi connectivity index (χ0n) is 10.0. The van der Waals surface area contributed by atoms with Gasteiger partial charge in [-0.05, 0) is 37.2 Å². The lowest BCUT2D eigenvalue weighted by Crippen LogP contribution is -2.43. The van der Waals surface area contributed by atoms with Crippen molar-refractivity contribution < 1.29 is 4.39 Å². The minimum atomic E-state index is -0.461. The number of benzene rings is 1. The molecule has 1 aromatic rings. The summed E-state index contributed by atoms with van der Waals surface area (Å²) >= 11 is 0. The van der Waals surface area contributed by atoms with Crippen LogP contribution in [-0.4, -0.2) is 0 Å². The summed E-state index contributed by atoms with van der Waals surface area (Å²) in [6.45, 7) is 4.47. The Labute approximate surface area is 96.9 Å². The standard InChI is InChI=1S/C14H20FN/c1-10-7-8-14(16,9-11(10)2)12-5-3-4-6-13(12)15/h3-6,10-11H,7-9,16H2,1-2H3. The van der Waals surface area contributed by atoms with Crippen LogP contribution in [-0.2, 0) is 5.54 Å². The van der Waals surface area contributed by atoms with Crippen LogP contribution in [0, 0.1) is 17.7 Å². The fraction of sp³-hybridized carbons (Fsp3) is 0.571. The molecule has 88 valence electrons. The molecule has 3 unspecified atom stereocenters. The Morgan fingerprint density at radius 1 is 1.25 bits per heavy atom. The topological polar surface area (TPSA) is 26.0 Å². The van der Waals surface area contributed by atoms with Crippen molar-refractivity contribution in [2.45, 2.75) is 38.6 Å². The van der Waals surface area contributed by atoms with E-state index in [1.165, 1.54) is 6.07 Å². The summed E-state index contributed by atoms with van der Waals surface area (Å²) in [6.07, 6.45) is 2.86. The van der Waals surface area contributed by atoms with E-state index in [-0.39, 0.29) is 5.82 Å². The van der Waals surface area contributed by atoms with E-state index in [4.69, 9.17) is 5.73 Å². The van der Waals surface area contributed by atoms with Gasteiger partial charge in [-0.2, -0.15) is 0 Å². The van der Waals surface area contributed by atoms with Gasteiger partial charge in [0, 0.05) is 11.1 Å². The summed E-state index contributed by atoms with van der Waals surface area (Å²) in [7, 11) is 0. The Morgan fingerprint density at radius 2 is 1.94 bits per heavy atom. The van der Waals surface area contributed by atoms with Gasteiger partial charge in [-0.3, -0.25) is 0 Å². The van der Waals surface area contributed by atoms with Crippen LogP contribution >= 0.6 is 0 Å². The Balaban J connectivity index is 2.29. The van der Waals surface area contributed by atoms with E-state index in [9.17, 15) is 4.39 Å². The van der Waals surface area contributed by atoms with Crippen LogP contribution in [0.2, 0.25) is 0 Å². The van der Waals surface area contributed by atoms with Crippen LogP contribution in [0.15, 0.2) is 24.3 Å². The third-order valence-corrected chi connectivity index (χ3v) is 4.11. The molecule has 0 aromatic heterocycles. The zero-order chi connectivity index (χ0) is 11.8. The lowest BCUT2D eigenvalue weighted by atomic mass is 9.69. The first kappa shape index (κ1) is 11.6. The molecule has 0 heterocycles. The van der Waals surface area contributed by atoms with Crippen molar-refractivity contribution >= 4 is 0 Å². The maximum absolute atomic E-state index is 13.8. The average molecular weight is 221 g/mol. The molecule has 1 fully saturated rings. The van der Waals surface area contributed by atoms with Crippen LogP contribution < -0.4 is 5.73 Å². The van der Waals surface area contributed by atoms with Gasteiger partial charge in [0.15, 0.2) is 0 Å². The second-order valence-corrected chi connectivity index (χ2v) is 5.33. The summed E-state index contributed by atoms with van der Waals surface area (Å²) in [5.74, 6) is 1.11. The summed E-state index contributed by atoms with van der Waals surface area (Å²) in [5.41, 5.74) is 6.62. The van der Waals surface area contributed by atoms with E-state index in [1.54, 1.807) is 6.07 Å². The molecule has 2 rings (SSSR count). The maximum Gasteiger partial charge on any atom is 0.128 e. The number of hydrogen-bond acceptors (Lipinski definition) is 1. The van der Waals surface area contributed by atoms with Crippen LogP contribution in [0.25, 0.3) is 0 Å². The van der Waals surface area contributed by atoms with Gasteiger partial charge < -0.3 is 5.73 Å². The largest absolute Gasteiger partial charge is 0.321 e. The molecule has 1 aliphatic carbocycles. The van der Waals surface area contributed by atoms with Crippen molar-refractivity contribution in [2.24, 2.45) is 17.6 Å². The van der Waals surface area contributed by atoms with Gasteiger partial charge in [-0.1, -0.05) is 32.0 Å². The predicted octanol–water partition coefficient (Wildman–Crippen LogP) is 3.44. The second kappa shape index (κ2) is 4.17. The number of halogens is 1. The van der Waals surface area contributed by atoms with Gasteiger partial charge in [0.25, 0.3) is 0 Å². The van der Waals surface area contributed by atoms with Crippen molar-refractivity contribution in [1.29, 1.82) is 0 Å². The van der Waals surface area contributed by atoms with Crippen molar-refractivity contribution in [3.63, 3.8) is 0 Å². The summed E-state index contributed by atoms with van der Waals surface area (Å²) in [4.78, 5) is 0. The molecule has 2 heteroatoms. The van der Waals surface area contributed by atoms with Crippen molar-refractivity contribution in [3.8, 4) is 0 Å². The van der Waals surface area contributed by atoms with E-state index < -0.39 is 5.54 Å². The number of rotatable bonds is 1. The first-order valence-corrected chi connectivity index (χ1v) is 6.07. The SMILES string of the molecule is CC1CCC(N)(c2ccccc2F)CC1C. The first-order chi connectivity index (χ1) is 7.53. The Kier molecular flexibility index (Phi) is 3.02. The van der Waals surface area contributed by atoms with Crippen molar-refractivity contribution in [3.05, 3.63) is 35.6 Å². The van der Waals surface area contributed by atoms with Gasteiger partial charge in [-0.15, -0.1) is 0 Å². The molecule has 0 radical (unpaired) electrons. The van der Waals surface area contributed by atoms with Crippen LogP contribution in [0.5, 0.6) is 0 Å². The minimum absolute atomic E-state index is 0.160. The Morgan fingerprint density at radius 3 is 2.56 bits per heavy atom. The lowest BCUT2D eigenvalue weighted by Gasteiger charge is -2.40. The van der Waals surface area contributed by atoms with Crippen LogP contribution in [0.3, 0.4) is 0 Å². The third kappa shape index (κ3) is 1.99. The molecule has 0 amide bonds. The second-order valence-electron chi connectivity index (χ2n) is 5.33. The van der Waals surface area contributed by atoms with Gasteiger partial charge in [0.2, 0.25) is 0 Å². The molecule has 16 heavy (non-hydrogen) atoms. The fourth-order valence-electron chi connectivity index (χ4n) is 2.76. The molecular formula is C14H20FN. The van der Waals surface area contributed by atoms with Gasteiger partial charge in [0.1, 0.15) is 5.82 Å². The zero-order valence-corrected chi connectivity index (χ0v) is 10.0. The lowest BCUT2D eigenvalue weighted by molar-refractivity contribution is 0.173. The monoisotopic (exact) mass is 221 g/mol. The summed E-state index contributed by atoms with van der Waals surface area (Å²) in [5, 5.41) is 0. The molecule has 0 bridgehead atoms. The maximum atomic E-state index is 13.8. The van der Waals surface area contributed by atoms with Gasteiger partial charge in [-0.25, -0.2) is 4.39 Å². The molecule has 3 atom stereocenters. The van der Waals surface area contributed by atoms with Gasteiger partial charge >= 0.3 is 0 Å². The highest BCUT2D eigenvalue weighted by molar-refractivity contribution is 5.26. The molecule has 1 saturated carbocycles. The van der Waals surface area contributed by atoms with Crippen LogP contribution in [0.1, 0.15) is 38.7 Å². The third-order valence-electron chi connectivity index (χ3n) is 4.11. The minimum Gasteiger partial charge on any atom is -0.321 e. The molecule has 0 saturated heterocycles. The fourth-order valence-corrected chi connectivity index (χ4v) is 2.76. The molecule has 1 nitrogen and oxygen atoms in total. The molecule has 1 aromatic carbocycles. The molecule has 0 spiro atoms. The summed E-state index contributed by atoms with van der Waals surface area (Å²) in [6, 6.07) is 6.93. The molecule has 1 aliphatic rings. The van der Waals surface area contributed by atoms with Crippen LogP contribution in [0.4, 0.5) is 4.39 Å². The normalized spacial score (nSPS) is 35.0. The van der Waals surface area contributed by atoms with E-state index in [0.29, 0.717) is 17.4 Å².